The van der Waals surface area contributed by atoms with Crippen LogP contribution in [0.25, 0.3) is 0 Å². The summed E-state index contributed by atoms with van der Waals surface area (Å²) in [4.78, 5) is 23.2. The molecule has 0 saturated heterocycles. The molecule has 0 bridgehead atoms. The van der Waals surface area contributed by atoms with Crippen molar-refractivity contribution in [1.29, 1.82) is 0 Å². The zero-order valence-electron chi connectivity index (χ0n) is 13.1. The van der Waals surface area contributed by atoms with E-state index in [1.807, 2.05) is 0 Å². The number of quaternary nitrogens is 2. The second-order valence-electron chi connectivity index (χ2n) is 6.65. The zero-order chi connectivity index (χ0) is 15.1. The van der Waals surface area contributed by atoms with Crippen molar-refractivity contribution in [2.24, 2.45) is 0 Å². The fraction of sp³-hybridized carbons (Fsp3) is 0.846. The highest BCUT2D eigenvalue weighted by molar-refractivity contribution is 8.15. The third-order valence-corrected chi connectivity index (χ3v) is 4.05. The van der Waals surface area contributed by atoms with Crippen LogP contribution in [0.1, 0.15) is 6.42 Å². The number of thioether (sulfide) groups is 2. The SMILES string of the molecule is C[N+](C)(C)CCSC(=O)CC(=O)SCC[N+](C)(C)C. The normalized spacial score (nSPS) is 12.5. The molecular formula is C13H28N2O2S2+2. The van der Waals surface area contributed by atoms with E-state index in [1.54, 1.807) is 0 Å². The molecule has 4 nitrogen and oxygen atoms in total. The van der Waals surface area contributed by atoms with Gasteiger partial charge in [-0.2, -0.15) is 0 Å². The average molecular weight is 309 g/mol. The smallest absolute Gasteiger partial charge is 0.197 e. The van der Waals surface area contributed by atoms with Crippen LogP contribution in [-0.4, -0.2) is 86.1 Å². The molecule has 0 unspecified atom stereocenters. The fourth-order valence-corrected chi connectivity index (χ4v) is 3.38. The monoisotopic (exact) mass is 308 g/mol. The van der Waals surface area contributed by atoms with Crippen LogP contribution in [0.2, 0.25) is 0 Å². The number of hydrogen-bond acceptors (Lipinski definition) is 4. The molecule has 0 spiro atoms. The molecule has 0 N–H and O–H groups in total. The lowest BCUT2D eigenvalue weighted by molar-refractivity contribution is -0.867. The Morgan fingerprint density at radius 1 is 0.737 bits per heavy atom. The van der Waals surface area contributed by atoms with Gasteiger partial charge in [0, 0.05) is 0 Å². The highest BCUT2D eigenvalue weighted by atomic mass is 32.2. The van der Waals surface area contributed by atoms with Crippen molar-refractivity contribution < 1.29 is 18.6 Å². The highest BCUT2D eigenvalue weighted by Crippen LogP contribution is 2.13. The van der Waals surface area contributed by atoms with Crippen molar-refractivity contribution in [3.8, 4) is 0 Å². The van der Waals surface area contributed by atoms with Gasteiger partial charge in [-0.15, -0.1) is 0 Å². The topological polar surface area (TPSA) is 34.1 Å². The standard InChI is InChI=1S/C13H28N2O2S2/c1-14(2,3)7-9-18-12(16)11-13(17)19-10-8-15(4,5)6/h7-11H2,1-6H3/q+2. The van der Waals surface area contributed by atoms with Gasteiger partial charge >= 0.3 is 0 Å². The Kier molecular flexibility index (Phi) is 8.27. The predicted octanol–water partition coefficient (Wildman–Crippen LogP) is 1.31. The molecule has 0 fully saturated rings. The number of rotatable bonds is 8. The summed E-state index contributed by atoms with van der Waals surface area (Å²) < 4.78 is 1.68. The lowest BCUT2D eigenvalue weighted by Crippen LogP contribution is -2.36. The molecule has 0 heterocycles. The molecule has 0 aliphatic rings. The molecule has 0 amide bonds. The lowest BCUT2D eigenvalue weighted by Gasteiger charge is -2.23. The fourth-order valence-electron chi connectivity index (χ4n) is 1.09. The van der Waals surface area contributed by atoms with E-state index in [1.165, 1.54) is 23.5 Å². The second kappa shape index (κ2) is 8.29. The molecule has 0 saturated carbocycles. The molecule has 0 aromatic rings. The summed E-state index contributed by atoms with van der Waals surface area (Å²) in [6.45, 7) is 1.86. The van der Waals surface area contributed by atoms with Crippen molar-refractivity contribution in [3.05, 3.63) is 0 Å². The number of carbonyl (C=O) groups excluding carboxylic acids is 2. The van der Waals surface area contributed by atoms with Crippen LogP contribution in [-0.2, 0) is 9.59 Å². The minimum absolute atomic E-state index is 0.00352. The number of hydrogen-bond donors (Lipinski definition) is 0. The third-order valence-electron chi connectivity index (χ3n) is 2.34. The van der Waals surface area contributed by atoms with Crippen LogP contribution in [0.15, 0.2) is 0 Å². The quantitative estimate of drug-likeness (QED) is 0.500. The van der Waals surface area contributed by atoms with E-state index in [-0.39, 0.29) is 16.7 Å². The maximum atomic E-state index is 11.6. The Balaban J connectivity index is 3.73. The first-order valence-electron chi connectivity index (χ1n) is 6.42. The highest BCUT2D eigenvalue weighted by Gasteiger charge is 2.14. The molecule has 112 valence electrons. The predicted molar refractivity (Wildman–Crippen MR) is 85.3 cm³/mol. The van der Waals surface area contributed by atoms with Gasteiger partial charge in [0.2, 0.25) is 0 Å². The Labute approximate surface area is 126 Å². The summed E-state index contributed by atoms with van der Waals surface area (Å²) in [5, 5.41) is -0.00704. The van der Waals surface area contributed by atoms with Gasteiger partial charge in [-0.25, -0.2) is 0 Å². The minimum atomic E-state index is -0.00352. The van der Waals surface area contributed by atoms with Crippen LogP contribution in [0.3, 0.4) is 0 Å². The summed E-state index contributed by atoms with van der Waals surface area (Å²) in [5.74, 6) is 1.55. The van der Waals surface area contributed by atoms with Crippen molar-refractivity contribution in [2.45, 2.75) is 6.42 Å². The molecule has 0 aliphatic carbocycles. The van der Waals surface area contributed by atoms with Crippen LogP contribution in [0, 0.1) is 0 Å². The molecule has 0 atom stereocenters. The lowest BCUT2D eigenvalue weighted by atomic mass is 10.5. The zero-order valence-corrected chi connectivity index (χ0v) is 14.7. The summed E-state index contributed by atoms with van der Waals surface area (Å²) in [5.41, 5.74) is 0. The van der Waals surface area contributed by atoms with Crippen molar-refractivity contribution >= 4 is 33.8 Å². The summed E-state index contributed by atoms with van der Waals surface area (Å²) in [7, 11) is 12.6. The molecule has 6 heteroatoms. The van der Waals surface area contributed by atoms with E-state index in [0.717, 1.165) is 33.6 Å². The molecule has 0 rings (SSSR count). The van der Waals surface area contributed by atoms with Gasteiger partial charge in [0.05, 0.1) is 73.3 Å². The number of nitrogens with zero attached hydrogens (tertiary/aromatic N) is 2. The first kappa shape index (κ1) is 19.0. The van der Waals surface area contributed by atoms with E-state index >= 15 is 0 Å². The van der Waals surface area contributed by atoms with E-state index < -0.39 is 0 Å². The maximum Gasteiger partial charge on any atom is 0.197 e. The first-order valence-corrected chi connectivity index (χ1v) is 8.39. The van der Waals surface area contributed by atoms with E-state index in [0.29, 0.717) is 0 Å². The largest absolute Gasteiger partial charge is 0.330 e. The van der Waals surface area contributed by atoms with Gasteiger partial charge in [-0.05, 0) is 0 Å². The summed E-state index contributed by atoms with van der Waals surface area (Å²) in [6, 6.07) is 0. The molecule has 0 aromatic carbocycles. The average Bonchev–Trinajstić information content (AvgIpc) is 2.12. The van der Waals surface area contributed by atoms with Gasteiger partial charge in [0.15, 0.2) is 10.2 Å². The van der Waals surface area contributed by atoms with Gasteiger partial charge < -0.3 is 8.97 Å². The Bertz CT molecular complexity index is 277. The van der Waals surface area contributed by atoms with Crippen LogP contribution < -0.4 is 0 Å². The van der Waals surface area contributed by atoms with Gasteiger partial charge in [-0.3, -0.25) is 9.59 Å². The van der Waals surface area contributed by atoms with E-state index in [4.69, 9.17) is 0 Å². The van der Waals surface area contributed by atoms with Gasteiger partial charge in [-0.1, -0.05) is 23.5 Å². The van der Waals surface area contributed by atoms with Gasteiger partial charge in [0.25, 0.3) is 0 Å². The Hall–Kier alpha value is -0.0400. The molecule has 19 heavy (non-hydrogen) atoms. The summed E-state index contributed by atoms with van der Waals surface area (Å²) >= 11 is 2.56. The van der Waals surface area contributed by atoms with E-state index in [9.17, 15) is 9.59 Å². The molecule has 0 aromatic heterocycles. The second-order valence-corrected chi connectivity index (χ2v) is 8.95. The van der Waals surface area contributed by atoms with Gasteiger partial charge in [0.1, 0.15) is 0 Å². The van der Waals surface area contributed by atoms with Crippen molar-refractivity contribution in [2.75, 3.05) is 66.9 Å². The number of carbonyl (C=O) groups is 2. The van der Waals surface area contributed by atoms with Crippen LogP contribution >= 0.6 is 23.5 Å². The molecular weight excluding hydrogens is 280 g/mol. The van der Waals surface area contributed by atoms with Crippen LogP contribution in [0.4, 0.5) is 0 Å². The first-order chi connectivity index (χ1) is 8.49. The van der Waals surface area contributed by atoms with Crippen molar-refractivity contribution in [3.63, 3.8) is 0 Å². The van der Waals surface area contributed by atoms with E-state index in [2.05, 4.69) is 42.3 Å². The van der Waals surface area contributed by atoms with Crippen LogP contribution in [0.5, 0.6) is 0 Å². The minimum Gasteiger partial charge on any atom is -0.330 e. The van der Waals surface area contributed by atoms with Crippen molar-refractivity contribution in [1.82, 2.24) is 0 Å². The Morgan fingerprint density at radius 2 is 1.05 bits per heavy atom. The third kappa shape index (κ3) is 14.2. The summed E-state index contributed by atoms with van der Waals surface area (Å²) in [6.07, 6.45) is 0.0591. The Morgan fingerprint density at radius 3 is 1.32 bits per heavy atom. The maximum absolute atomic E-state index is 11.6. The molecule has 0 radical (unpaired) electrons. The molecule has 0 aliphatic heterocycles.